The number of benzene rings is 1. The van der Waals surface area contributed by atoms with Crippen molar-refractivity contribution in [3.8, 4) is 11.5 Å². The van der Waals surface area contributed by atoms with Crippen molar-refractivity contribution in [1.29, 1.82) is 0 Å². The van der Waals surface area contributed by atoms with Crippen molar-refractivity contribution >= 4 is 28.5 Å². The third-order valence-electron chi connectivity index (χ3n) is 2.68. The molecule has 0 spiro atoms. The van der Waals surface area contributed by atoms with E-state index in [0.29, 0.717) is 22.7 Å². The Morgan fingerprint density at radius 3 is 3.00 bits per heavy atom. The van der Waals surface area contributed by atoms with Crippen molar-refractivity contribution < 1.29 is 14.3 Å². The van der Waals surface area contributed by atoms with Gasteiger partial charge in [-0.05, 0) is 6.92 Å². The normalized spacial score (nSPS) is 18.2. The molecule has 1 aromatic carbocycles. The van der Waals surface area contributed by atoms with Crippen LogP contribution >= 0.6 is 11.8 Å². The van der Waals surface area contributed by atoms with Crippen LogP contribution in [-0.2, 0) is 0 Å². The number of aromatic nitrogens is 1. The molecule has 1 aliphatic rings. The lowest BCUT2D eigenvalue weighted by atomic mass is 10.2. The average molecular weight is 252 g/mol. The first-order valence-corrected chi connectivity index (χ1v) is 6.13. The fourth-order valence-corrected chi connectivity index (χ4v) is 3.04. The molecule has 0 aliphatic carbocycles. The highest BCUT2D eigenvalue weighted by atomic mass is 32.2. The predicted molar refractivity (Wildman–Crippen MR) is 65.9 cm³/mol. The Kier molecular flexibility index (Phi) is 2.16. The predicted octanol–water partition coefficient (Wildman–Crippen LogP) is 2.71. The fourth-order valence-electron chi connectivity index (χ4n) is 2.03. The van der Waals surface area contributed by atoms with E-state index < -0.39 is 0 Å². The Morgan fingerprint density at radius 2 is 2.29 bits per heavy atom. The molecule has 0 saturated carbocycles. The van der Waals surface area contributed by atoms with Crippen LogP contribution in [0.25, 0.3) is 11.1 Å². The second-order valence-electron chi connectivity index (χ2n) is 3.90. The molecule has 1 atom stereocenters. The molecule has 17 heavy (non-hydrogen) atoms. The lowest BCUT2D eigenvalue weighted by Crippen LogP contribution is -2.04. The molecule has 0 saturated heterocycles. The fraction of sp³-hybridized carbons (Fsp3) is 0.364. The van der Waals surface area contributed by atoms with Crippen LogP contribution in [0.2, 0.25) is 0 Å². The third kappa shape index (κ3) is 1.37. The first kappa shape index (κ1) is 10.6. The van der Waals surface area contributed by atoms with Crippen LogP contribution in [0.3, 0.4) is 0 Å². The summed E-state index contributed by atoms with van der Waals surface area (Å²) in [6.07, 6.45) is 0. The zero-order valence-electron chi connectivity index (χ0n) is 9.70. The topological polar surface area (TPSA) is 67.5 Å². The molecule has 1 unspecified atom stereocenters. The van der Waals surface area contributed by atoms with Gasteiger partial charge in [0.05, 0.1) is 23.1 Å². The van der Waals surface area contributed by atoms with Crippen molar-refractivity contribution in [3.05, 3.63) is 5.89 Å². The molecule has 5 nitrogen and oxygen atoms in total. The van der Waals surface area contributed by atoms with Gasteiger partial charge in [0.1, 0.15) is 0 Å². The Hall–Kier alpha value is -1.56. The number of hydrogen-bond donors (Lipinski definition) is 2. The maximum atomic E-state index is 10.2. The van der Waals surface area contributed by atoms with Gasteiger partial charge in [0.2, 0.25) is 5.58 Å². The number of hydrogen-bond acceptors (Lipinski definition) is 6. The van der Waals surface area contributed by atoms with E-state index in [9.17, 15) is 5.11 Å². The average Bonchev–Trinajstić information content (AvgIpc) is 2.83. The molecule has 1 aliphatic heterocycles. The molecule has 0 radical (unpaired) electrons. The number of nitrogens with one attached hydrogen (secondary N) is 1. The van der Waals surface area contributed by atoms with Gasteiger partial charge in [-0.2, -0.15) is 0 Å². The van der Waals surface area contributed by atoms with E-state index in [0.717, 1.165) is 10.6 Å². The molecule has 0 bridgehead atoms. The Balaban J connectivity index is 2.40. The quantitative estimate of drug-likeness (QED) is 0.813. The summed E-state index contributed by atoms with van der Waals surface area (Å²) >= 11 is 1.55. The van der Waals surface area contributed by atoms with Gasteiger partial charge in [0.15, 0.2) is 22.9 Å². The summed E-state index contributed by atoms with van der Waals surface area (Å²) in [6, 6.07) is 0. The number of ether oxygens (including phenoxy) is 1. The van der Waals surface area contributed by atoms with E-state index in [2.05, 4.69) is 10.3 Å². The second-order valence-corrected chi connectivity index (χ2v) is 5.25. The maximum Gasteiger partial charge on any atom is 0.202 e. The molecule has 2 N–H and O–H groups in total. The zero-order chi connectivity index (χ0) is 12.2. The van der Waals surface area contributed by atoms with Gasteiger partial charge in [-0.15, -0.1) is 0 Å². The Morgan fingerprint density at radius 1 is 1.53 bits per heavy atom. The standard InChI is InChI=1S/C11H12N2O3S/c1-4-12-6-8(14)11-7(13-5(2)17-11)9(15-3)10(6)16-4/h5,13-14H,1-3H3. The van der Waals surface area contributed by atoms with Crippen LogP contribution in [0, 0.1) is 6.92 Å². The van der Waals surface area contributed by atoms with Crippen molar-refractivity contribution in [2.24, 2.45) is 0 Å². The number of anilines is 1. The van der Waals surface area contributed by atoms with Gasteiger partial charge < -0.3 is 19.6 Å². The molecule has 0 amide bonds. The van der Waals surface area contributed by atoms with Gasteiger partial charge in [-0.1, -0.05) is 11.8 Å². The number of phenols is 1. The first-order chi connectivity index (χ1) is 8.11. The number of aryl methyl sites for hydroxylation is 1. The molecular weight excluding hydrogens is 240 g/mol. The molecule has 0 fully saturated rings. The van der Waals surface area contributed by atoms with Crippen molar-refractivity contribution in [3.63, 3.8) is 0 Å². The van der Waals surface area contributed by atoms with Crippen molar-refractivity contribution in [1.82, 2.24) is 4.98 Å². The van der Waals surface area contributed by atoms with E-state index in [4.69, 9.17) is 9.15 Å². The first-order valence-electron chi connectivity index (χ1n) is 5.25. The number of fused-ring (bicyclic) bond motifs is 2. The van der Waals surface area contributed by atoms with Crippen LogP contribution in [0.1, 0.15) is 12.8 Å². The Bertz CT molecular complexity index is 609. The molecule has 3 rings (SSSR count). The number of phenolic OH excluding ortho intramolecular Hbond substituents is 1. The van der Waals surface area contributed by atoms with E-state index in [1.165, 1.54) is 0 Å². The summed E-state index contributed by atoms with van der Waals surface area (Å²) in [5.74, 6) is 1.27. The number of aromatic hydroxyl groups is 1. The summed E-state index contributed by atoms with van der Waals surface area (Å²) in [5, 5.41) is 13.6. The van der Waals surface area contributed by atoms with E-state index >= 15 is 0 Å². The van der Waals surface area contributed by atoms with Crippen LogP contribution in [0.5, 0.6) is 11.5 Å². The smallest absolute Gasteiger partial charge is 0.202 e. The van der Waals surface area contributed by atoms with Crippen LogP contribution in [0.4, 0.5) is 5.69 Å². The third-order valence-corrected chi connectivity index (χ3v) is 3.78. The van der Waals surface area contributed by atoms with Crippen LogP contribution in [-0.4, -0.2) is 22.6 Å². The van der Waals surface area contributed by atoms with Gasteiger partial charge in [-0.3, -0.25) is 0 Å². The monoisotopic (exact) mass is 252 g/mol. The van der Waals surface area contributed by atoms with Crippen molar-refractivity contribution in [2.45, 2.75) is 24.1 Å². The largest absolute Gasteiger partial charge is 0.504 e. The molecule has 6 heteroatoms. The number of methoxy groups -OCH3 is 1. The molecular formula is C11H12N2O3S. The van der Waals surface area contributed by atoms with Crippen LogP contribution < -0.4 is 10.1 Å². The molecule has 2 aromatic rings. The highest BCUT2D eigenvalue weighted by Gasteiger charge is 2.30. The SMILES string of the molecule is COc1c2c(c(O)c3nc(C)oc13)SC(C)N2. The highest BCUT2D eigenvalue weighted by molar-refractivity contribution is 8.00. The lowest BCUT2D eigenvalue weighted by Gasteiger charge is -2.08. The van der Waals surface area contributed by atoms with Crippen LogP contribution in [0.15, 0.2) is 9.31 Å². The van der Waals surface area contributed by atoms with E-state index in [1.807, 2.05) is 6.92 Å². The lowest BCUT2D eigenvalue weighted by molar-refractivity contribution is 0.407. The van der Waals surface area contributed by atoms with Gasteiger partial charge in [-0.25, -0.2) is 4.98 Å². The minimum absolute atomic E-state index is 0.162. The van der Waals surface area contributed by atoms with E-state index in [1.54, 1.807) is 25.8 Å². The molecule has 90 valence electrons. The highest BCUT2D eigenvalue weighted by Crippen LogP contribution is 2.53. The minimum atomic E-state index is 0.162. The summed E-state index contributed by atoms with van der Waals surface area (Å²) in [7, 11) is 1.58. The number of rotatable bonds is 1. The second kappa shape index (κ2) is 3.46. The Labute approximate surface area is 102 Å². The number of thioether (sulfide) groups is 1. The molecule has 2 heterocycles. The summed E-state index contributed by atoms with van der Waals surface area (Å²) in [6.45, 7) is 3.76. The van der Waals surface area contributed by atoms with Crippen molar-refractivity contribution in [2.75, 3.05) is 12.4 Å². The number of oxazole rings is 1. The van der Waals surface area contributed by atoms with Gasteiger partial charge in [0, 0.05) is 6.92 Å². The summed E-state index contributed by atoms with van der Waals surface area (Å²) in [5.41, 5.74) is 1.73. The minimum Gasteiger partial charge on any atom is -0.504 e. The van der Waals surface area contributed by atoms with E-state index in [-0.39, 0.29) is 11.1 Å². The number of nitrogens with zero attached hydrogens (tertiary/aromatic N) is 1. The van der Waals surface area contributed by atoms with Gasteiger partial charge >= 0.3 is 0 Å². The van der Waals surface area contributed by atoms with Gasteiger partial charge in [0.25, 0.3) is 0 Å². The zero-order valence-corrected chi connectivity index (χ0v) is 10.5. The molecule has 1 aromatic heterocycles. The maximum absolute atomic E-state index is 10.2. The summed E-state index contributed by atoms with van der Waals surface area (Å²) in [4.78, 5) is 4.96. The summed E-state index contributed by atoms with van der Waals surface area (Å²) < 4.78 is 10.9.